The number of hydrogen-bond acceptors (Lipinski definition) is 2. The highest BCUT2D eigenvalue weighted by atomic mass is 19.1. The Morgan fingerprint density at radius 2 is 2.15 bits per heavy atom. The van der Waals surface area contributed by atoms with Crippen LogP contribution in [-0.4, -0.2) is 16.2 Å². The molecule has 2 N–H and O–H groups in total. The van der Waals surface area contributed by atoms with Gasteiger partial charge in [0.25, 0.3) is 0 Å². The van der Waals surface area contributed by atoms with Crippen LogP contribution in [-0.2, 0) is 4.79 Å². The van der Waals surface area contributed by atoms with Gasteiger partial charge in [-0.2, -0.15) is 0 Å². The number of carboxylic acid groups (broad SMARTS) is 1. The Hall–Kier alpha value is -1.58. The van der Waals surface area contributed by atoms with Gasteiger partial charge < -0.3 is 10.2 Å². The summed E-state index contributed by atoms with van der Waals surface area (Å²) < 4.78 is 13.0. The van der Waals surface area contributed by atoms with Crippen molar-refractivity contribution in [2.24, 2.45) is 0 Å². The van der Waals surface area contributed by atoms with Crippen LogP contribution < -0.4 is 0 Å². The monoisotopic (exact) mass is 184 g/mol. The second-order valence-corrected chi connectivity index (χ2v) is 2.77. The van der Waals surface area contributed by atoms with Gasteiger partial charge in [0.2, 0.25) is 0 Å². The van der Waals surface area contributed by atoms with E-state index < -0.39 is 17.7 Å². The van der Waals surface area contributed by atoms with Gasteiger partial charge in [-0.05, 0) is 13.0 Å². The highest BCUT2D eigenvalue weighted by Gasteiger charge is 2.17. The van der Waals surface area contributed by atoms with Crippen LogP contribution in [0, 0.1) is 5.82 Å². The van der Waals surface area contributed by atoms with Gasteiger partial charge in [0.05, 0.1) is 5.92 Å². The lowest BCUT2D eigenvalue weighted by molar-refractivity contribution is -0.138. The number of rotatable bonds is 2. The smallest absolute Gasteiger partial charge is 0.310 e. The van der Waals surface area contributed by atoms with Gasteiger partial charge in [-0.25, -0.2) is 4.39 Å². The maximum absolute atomic E-state index is 13.0. The van der Waals surface area contributed by atoms with Gasteiger partial charge in [-0.15, -0.1) is 0 Å². The van der Waals surface area contributed by atoms with Crippen LogP contribution in [0.25, 0.3) is 0 Å². The second kappa shape index (κ2) is 3.43. The predicted octanol–water partition coefficient (Wildman–Crippen LogP) is 1.72. The summed E-state index contributed by atoms with van der Waals surface area (Å²) >= 11 is 0. The molecule has 0 saturated heterocycles. The van der Waals surface area contributed by atoms with Crippen molar-refractivity contribution in [2.75, 3.05) is 0 Å². The first-order chi connectivity index (χ1) is 6.02. The molecule has 0 spiro atoms. The highest BCUT2D eigenvalue weighted by Crippen LogP contribution is 2.22. The standard InChI is InChI=1S/C9H9FO3/c1-5(9(12)13)7-3-2-6(11)4-8(7)10/h2-5,11H,1H3,(H,12,13). The molecule has 0 bridgehead atoms. The van der Waals surface area contributed by atoms with Crippen LogP contribution in [0.4, 0.5) is 4.39 Å². The van der Waals surface area contributed by atoms with Crippen LogP contribution in [0.15, 0.2) is 18.2 Å². The molecule has 0 saturated carbocycles. The summed E-state index contributed by atoms with van der Waals surface area (Å²) in [6.45, 7) is 1.39. The van der Waals surface area contributed by atoms with Crippen molar-refractivity contribution in [1.29, 1.82) is 0 Å². The number of phenols is 1. The minimum atomic E-state index is -1.09. The lowest BCUT2D eigenvalue weighted by Crippen LogP contribution is -2.08. The number of carboxylic acids is 1. The molecule has 0 heterocycles. The van der Waals surface area contributed by atoms with Crippen molar-refractivity contribution < 1.29 is 19.4 Å². The third kappa shape index (κ3) is 1.96. The normalized spacial score (nSPS) is 12.5. The van der Waals surface area contributed by atoms with Gasteiger partial charge >= 0.3 is 5.97 Å². The van der Waals surface area contributed by atoms with Crippen molar-refractivity contribution in [3.05, 3.63) is 29.6 Å². The van der Waals surface area contributed by atoms with E-state index >= 15 is 0 Å². The zero-order valence-corrected chi connectivity index (χ0v) is 6.99. The molecule has 0 amide bonds. The number of benzene rings is 1. The molecule has 0 aliphatic heterocycles. The average Bonchev–Trinajstić information content (AvgIpc) is 2.03. The van der Waals surface area contributed by atoms with E-state index in [-0.39, 0.29) is 11.3 Å². The maximum atomic E-state index is 13.0. The molecule has 0 aliphatic rings. The molecule has 1 aromatic carbocycles. The highest BCUT2D eigenvalue weighted by molar-refractivity contribution is 5.75. The summed E-state index contributed by atoms with van der Waals surface area (Å²) in [5.74, 6) is -2.90. The molecule has 70 valence electrons. The minimum absolute atomic E-state index is 0.0744. The molecule has 1 rings (SSSR count). The van der Waals surface area contributed by atoms with E-state index in [0.717, 1.165) is 6.07 Å². The molecule has 13 heavy (non-hydrogen) atoms. The average molecular weight is 184 g/mol. The lowest BCUT2D eigenvalue weighted by Gasteiger charge is -2.07. The molecule has 1 aromatic rings. The van der Waals surface area contributed by atoms with Crippen molar-refractivity contribution in [3.63, 3.8) is 0 Å². The van der Waals surface area contributed by atoms with Crippen LogP contribution in [0.2, 0.25) is 0 Å². The summed E-state index contributed by atoms with van der Waals surface area (Å²) in [5.41, 5.74) is 0.0744. The Bertz CT molecular complexity index is 336. The Labute approximate surface area is 74.4 Å². The molecule has 4 heteroatoms. The number of carbonyl (C=O) groups is 1. The van der Waals surface area contributed by atoms with Gasteiger partial charge in [0, 0.05) is 11.6 Å². The van der Waals surface area contributed by atoms with E-state index in [2.05, 4.69) is 0 Å². The third-order valence-corrected chi connectivity index (χ3v) is 1.82. The van der Waals surface area contributed by atoms with E-state index in [1.807, 2.05) is 0 Å². The molecule has 1 unspecified atom stereocenters. The lowest BCUT2D eigenvalue weighted by atomic mass is 10.0. The Morgan fingerprint density at radius 3 is 2.62 bits per heavy atom. The van der Waals surface area contributed by atoms with Crippen LogP contribution >= 0.6 is 0 Å². The summed E-state index contributed by atoms with van der Waals surface area (Å²) in [6, 6.07) is 3.43. The number of aliphatic carboxylic acids is 1. The first-order valence-electron chi connectivity index (χ1n) is 3.73. The molecule has 3 nitrogen and oxygen atoms in total. The molecule has 0 fully saturated rings. The summed E-state index contributed by atoms with van der Waals surface area (Å²) in [6.07, 6.45) is 0. The van der Waals surface area contributed by atoms with Gasteiger partial charge in [-0.1, -0.05) is 6.07 Å². The van der Waals surface area contributed by atoms with Crippen molar-refractivity contribution in [1.82, 2.24) is 0 Å². The summed E-state index contributed by atoms with van der Waals surface area (Å²) in [4.78, 5) is 10.5. The first kappa shape index (κ1) is 9.51. The molecule has 0 aromatic heterocycles. The maximum Gasteiger partial charge on any atom is 0.310 e. The fourth-order valence-electron chi connectivity index (χ4n) is 1.00. The largest absolute Gasteiger partial charge is 0.508 e. The van der Waals surface area contributed by atoms with E-state index in [4.69, 9.17) is 10.2 Å². The zero-order chi connectivity index (χ0) is 10.0. The van der Waals surface area contributed by atoms with Gasteiger partial charge in [0.15, 0.2) is 0 Å². The van der Waals surface area contributed by atoms with Gasteiger partial charge in [0.1, 0.15) is 11.6 Å². The molecule has 0 aliphatic carbocycles. The predicted molar refractivity (Wildman–Crippen MR) is 44.1 cm³/mol. The Morgan fingerprint density at radius 1 is 1.54 bits per heavy atom. The van der Waals surface area contributed by atoms with Crippen molar-refractivity contribution in [2.45, 2.75) is 12.8 Å². The van der Waals surface area contributed by atoms with Crippen LogP contribution in [0.3, 0.4) is 0 Å². The molecule has 0 radical (unpaired) electrons. The number of halogens is 1. The van der Waals surface area contributed by atoms with Crippen molar-refractivity contribution >= 4 is 5.97 Å². The van der Waals surface area contributed by atoms with Crippen molar-refractivity contribution in [3.8, 4) is 5.75 Å². The first-order valence-corrected chi connectivity index (χ1v) is 3.73. The SMILES string of the molecule is CC(C(=O)O)c1ccc(O)cc1F. The Balaban J connectivity index is 3.08. The topological polar surface area (TPSA) is 57.5 Å². The fourth-order valence-corrected chi connectivity index (χ4v) is 1.00. The van der Waals surface area contributed by atoms with E-state index in [1.54, 1.807) is 0 Å². The van der Waals surface area contributed by atoms with E-state index in [0.29, 0.717) is 0 Å². The van der Waals surface area contributed by atoms with Crippen LogP contribution in [0.1, 0.15) is 18.4 Å². The third-order valence-electron chi connectivity index (χ3n) is 1.82. The summed E-state index contributed by atoms with van der Waals surface area (Å²) in [5, 5.41) is 17.5. The van der Waals surface area contributed by atoms with Gasteiger partial charge in [-0.3, -0.25) is 4.79 Å². The number of phenolic OH excluding ortho intramolecular Hbond substituents is 1. The zero-order valence-electron chi connectivity index (χ0n) is 6.99. The number of hydrogen-bond donors (Lipinski definition) is 2. The van der Waals surface area contributed by atoms with E-state index in [1.165, 1.54) is 19.1 Å². The fraction of sp³-hybridized carbons (Fsp3) is 0.222. The molecular formula is C9H9FO3. The minimum Gasteiger partial charge on any atom is -0.508 e. The van der Waals surface area contributed by atoms with E-state index in [9.17, 15) is 9.18 Å². The quantitative estimate of drug-likeness (QED) is 0.735. The number of aromatic hydroxyl groups is 1. The van der Waals surface area contributed by atoms with Crippen LogP contribution in [0.5, 0.6) is 5.75 Å². The second-order valence-electron chi connectivity index (χ2n) is 2.77. The molecular weight excluding hydrogens is 175 g/mol. The summed E-state index contributed by atoms with van der Waals surface area (Å²) in [7, 11) is 0. The molecule has 1 atom stereocenters. The Kier molecular flexibility index (Phi) is 2.51.